The van der Waals surface area contributed by atoms with Crippen LogP contribution in [0.1, 0.15) is 49.7 Å². The van der Waals surface area contributed by atoms with Gasteiger partial charge < -0.3 is 9.47 Å². The maximum absolute atomic E-state index is 12.6. The molecule has 27 heavy (non-hydrogen) atoms. The molecule has 0 fully saturated rings. The van der Waals surface area contributed by atoms with E-state index in [-0.39, 0.29) is 5.82 Å². The van der Waals surface area contributed by atoms with Crippen LogP contribution in [0.2, 0.25) is 0 Å². The molecule has 0 saturated carbocycles. The normalized spacial score (nSPS) is 10.3. The standard InChI is InChI=1S/C12H17FO.C12H18O/c1-14-10-4-2-3-5-11-6-8-12(13)9-7-11;1-13-11-7-3-6-10-12-8-4-2-5-9-12/h6-9H,2-5,10H2,1H3;2,4-5,8-9H,3,6-7,10-11H2,1H3. The molecule has 150 valence electrons. The van der Waals surface area contributed by atoms with Gasteiger partial charge in [0.1, 0.15) is 5.82 Å². The van der Waals surface area contributed by atoms with Gasteiger partial charge in [0, 0.05) is 27.4 Å². The molecule has 3 heteroatoms. The Kier molecular flexibility index (Phi) is 14.2. The zero-order chi connectivity index (χ0) is 19.6. The van der Waals surface area contributed by atoms with Gasteiger partial charge in [0.15, 0.2) is 0 Å². The van der Waals surface area contributed by atoms with Crippen LogP contribution >= 0.6 is 0 Å². The van der Waals surface area contributed by atoms with Crippen molar-refractivity contribution in [1.29, 1.82) is 0 Å². The SMILES string of the molecule is COCCCCCc1ccc(F)cc1.COCCCCCc1ccccc1. The largest absolute Gasteiger partial charge is 0.385 e. The molecule has 0 aliphatic carbocycles. The van der Waals surface area contributed by atoms with Crippen LogP contribution in [0.4, 0.5) is 4.39 Å². The molecule has 2 aromatic carbocycles. The summed E-state index contributed by atoms with van der Waals surface area (Å²) >= 11 is 0. The maximum Gasteiger partial charge on any atom is 0.123 e. The molecule has 0 spiro atoms. The fourth-order valence-corrected chi connectivity index (χ4v) is 2.80. The van der Waals surface area contributed by atoms with E-state index in [9.17, 15) is 4.39 Å². The lowest BCUT2D eigenvalue weighted by molar-refractivity contribution is 0.192. The number of unbranched alkanes of at least 4 members (excludes halogenated alkanes) is 4. The molecule has 0 amide bonds. The molecule has 2 aromatic rings. The summed E-state index contributed by atoms with van der Waals surface area (Å²) in [6.45, 7) is 1.73. The molecule has 0 aromatic heterocycles. The first kappa shape index (κ1) is 23.3. The zero-order valence-corrected chi connectivity index (χ0v) is 17.0. The van der Waals surface area contributed by atoms with E-state index >= 15 is 0 Å². The minimum Gasteiger partial charge on any atom is -0.385 e. The molecule has 0 saturated heterocycles. The Hall–Kier alpha value is -1.71. The fourth-order valence-electron chi connectivity index (χ4n) is 2.80. The van der Waals surface area contributed by atoms with Gasteiger partial charge in [-0.2, -0.15) is 0 Å². The van der Waals surface area contributed by atoms with E-state index in [4.69, 9.17) is 9.47 Å². The van der Waals surface area contributed by atoms with Crippen LogP contribution in [-0.2, 0) is 22.3 Å². The monoisotopic (exact) mass is 374 g/mol. The van der Waals surface area contributed by atoms with Gasteiger partial charge in [-0.1, -0.05) is 55.3 Å². The van der Waals surface area contributed by atoms with Gasteiger partial charge >= 0.3 is 0 Å². The van der Waals surface area contributed by atoms with E-state index in [1.807, 2.05) is 12.1 Å². The van der Waals surface area contributed by atoms with Crippen molar-refractivity contribution < 1.29 is 13.9 Å². The van der Waals surface area contributed by atoms with Gasteiger partial charge in [-0.25, -0.2) is 4.39 Å². The number of methoxy groups -OCH3 is 2. The van der Waals surface area contributed by atoms with Crippen molar-refractivity contribution in [2.45, 2.75) is 51.4 Å². The summed E-state index contributed by atoms with van der Waals surface area (Å²) < 4.78 is 22.5. The summed E-state index contributed by atoms with van der Waals surface area (Å²) in [5.41, 5.74) is 2.66. The van der Waals surface area contributed by atoms with Crippen molar-refractivity contribution in [3.63, 3.8) is 0 Å². The molecule has 0 radical (unpaired) electrons. The number of hydrogen-bond acceptors (Lipinski definition) is 2. The van der Waals surface area contributed by atoms with E-state index in [1.165, 1.54) is 55.4 Å². The number of halogens is 1. The second kappa shape index (κ2) is 16.5. The third kappa shape index (κ3) is 13.2. The van der Waals surface area contributed by atoms with Crippen LogP contribution in [0.3, 0.4) is 0 Å². The number of rotatable bonds is 12. The van der Waals surface area contributed by atoms with E-state index in [0.717, 1.165) is 32.5 Å². The highest BCUT2D eigenvalue weighted by Gasteiger charge is 1.94. The Morgan fingerprint density at radius 1 is 0.593 bits per heavy atom. The third-order valence-electron chi connectivity index (χ3n) is 4.38. The third-order valence-corrected chi connectivity index (χ3v) is 4.38. The first-order valence-corrected chi connectivity index (χ1v) is 10.0. The van der Waals surface area contributed by atoms with E-state index in [1.54, 1.807) is 14.2 Å². The Morgan fingerprint density at radius 2 is 1.07 bits per heavy atom. The predicted molar refractivity (Wildman–Crippen MR) is 112 cm³/mol. The molecule has 0 unspecified atom stereocenters. The van der Waals surface area contributed by atoms with Crippen molar-refractivity contribution in [3.8, 4) is 0 Å². The summed E-state index contributed by atoms with van der Waals surface area (Å²) in [6, 6.07) is 17.4. The molecular formula is C24H35FO2. The van der Waals surface area contributed by atoms with E-state index < -0.39 is 0 Å². The van der Waals surface area contributed by atoms with Gasteiger partial charge in [-0.05, 0) is 61.8 Å². The second-order valence-electron chi connectivity index (χ2n) is 6.72. The van der Waals surface area contributed by atoms with Crippen LogP contribution in [-0.4, -0.2) is 27.4 Å². The second-order valence-corrected chi connectivity index (χ2v) is 6.72. The lowest BCUT2D eigenvalue weighted by Gasteiger charge is -2.01. The van der Waals surface area contributed by atoms with Gasteiger partial charge in [0.2, 0.25) is 0 Å². The Balaban J connectivity index is 0.000000271. The molecule has 0 N–H and O–H groups in total. The molecule has 0 heterocycles. The highest BCUT2D eigenvalue weighted by Crippen LogP contribution is 2.08. The van der Waals surface area contributed by atoms with Gasteiger partial charge in [-0.3, -0.25) is 0 Å². The molecule has 0 atom stereocenters. The van der Waals surface area contributed by atoms with Crippen molar-refractivity contribution in [3.05, 3.63) is 71.5 Å². The molecule has 2 rings (SSSR count). The fraction of sp³-hybridized carbons (Fsp3) is 0.500. The van der Waals surface area contributed by atoms with Crippen molar-refractivity contribution in [1.82, 2.24) is 0 Å². The summed E-state index contributed by atoms with van der Waals surface area (Å²) in [5, 5.41) is 0. The number of aryl methyl sites for hydroxylation is 2. The molecular weight excluding hydrogens is 339 g/mol. The average Bonchev–Trinajstić information content (AvgIpc) is 2.70. The molecule has 2 nitrogen and oxygen atoms in total. The van der Waals surface area contributed by atoms with Crippen molar-refractivity contribution >= 4 is 0 Å². The Labute approximate surface area is 164 Å². The molecule has 0 aliphatic rings. The van der Waals surface area contributed by atoms with Crippen LogP contribution in [0, 0.1) is 5.82 Å². The first-order chi connectivity index (χ1) is 13.3. The summed E-state index contributed by atoms with van der Waals surface area (Å²) in [5.74, 6) is -0.159. The van der Waals surface area contributed by atoms with E-state index in [2.05, 4.69) is 30.3 Å². The zero-order valence-electron chi connectivity index (χ0n) is 17.0. The molecule has 0 aliphatic heterocycles. The lowest BCUT2D eigenvalue weighted by Crippen LogP contribution is -1.90. The summed E-state index contributed by atoms with van der Waals surface area (Å²) in [4.78, 5) is 0. The summed E-state index contributed by atoms with van der Waals surface area (Å²) in [6.07, 6.45) is 9.38. The lowest BCUT2D eigenvalue weighted by atomic mass is 10.1. The maximum atomic E-state index is 12.6. The predicted octanol–water partition coefficient (Wildman–Crippen LogP) is 6.23. The van der Waals surface area contributed by atoms with Gasteiger partial charge in [0.05, 0.1) is 0 Å². The minimum atomic E-state index is -0.159. The van der Waals surface area contributed by atoms with Crippen molar-refractivity contribution in [2.75, 3.05) is 27.4 Å². The molecule has 0 bridgehead atoms. The quantitative estimate of drug-likeness (QED) is 0.410. The van der Waals surface area contributed by atoms with Crippen molar-refractivity contribution in [2.24, 2.45) is 0 Å². The highest BCUT2D eigenvalue weighted by atomic mass is 19.1. The minimum absolute atomic E-state index is 0.159. The van der Waals surface area contributed by atoms with E-state index in [0.29, 0.717) is 0 Å². The van der Waals surface area contributed by atoms with Crippen LogP contribution in [0.5, 0.6) is 0 Å². The number of benzene rings is 2. The number of ether oxygens (including phenoxy) is 2. The van der Waals surface area contributed by atoms with Crippen LogP contribution < -0.4 is 0 Å². The van der Waals surface area contributed by atoms with Crippen LogP contribution in [0.25, 0.3) is 0 Å². The average molecular weight is 375 g/mol. The smallest absolute Gasteiger partial charge is 0.123 e. The first-order valence-electron chi connectivity index (χ1n) is 10.0. The topological polar surface area (TPSA) is 18.5 Å². The highest BCUT2D eigenvalue weighted by molar-refractivity contribution is 5.16. The Bertz CT molecular complexity index is 554. The summed E-state index contributed by atoms with van der Waals surface area (Å²) in [7, 11) is 3.48. The Morgan fingerprint density at radius 3 is 1.56 bits per heavy atom. The van der Waals surface area contributed by atoms with Crippen LogP contribution in [0.15, 0.2) is 54.6 Å². The van der Waals surface area contributed by atoms with Gasteiger partial charge in [-0.15, -0.1) is 0 Å². The van der Waals surface area contributed by atoms with Gasteiger partial charge in [0.25, 0.3) is 0 Å². The number of hydrogen-bond donors (Lipinski definition) is 0.